The van der Waals surface area contributed by atoms with Crippen molar-refractivity contribution in [1.29, 1.82) is 0 Å². The van der Waals surface area contributed by atoms with E-state index in [1.807, 2.05) is 43.3 Å². The molecule has 78 valence electrons. The summed E-state index contributed by atoms with van der Waals surface area (Å²) in [5, 5.41) is 0. The smallest absolute Gasteiger partial charge is 0.114 e. The van der Waals surface area contributed by atoms with Crippen LogP contribution in [-0.2, 0) is 4.74 Å². The molecule has 0 spiro atoms. The molecule has 0 aliphatic carbocycles. The average Bonchev–Trinajstić information content (AvgIpc) is 2.29. The first-order valence-electron chi connectivity index (χ1n) is 4.81. The molecule has 0 aliphatic heterocycles. The molecule has 1 nitrogen and oxygen atoms in total. The molecule has 0 amide bonds. The first-order valence-corrected chi connectivity index (χ1v) is 4.81. The van der Waals surface area contributed by atoms with Gasteiger partial charge >= 0.3 is 0 Å². The predicted octanol–water partition coefficient (Wildman–Crippen LogP) is 3.81. The van der Waals surface area contributed by atoms with Crippen LogP contribution in [0.5, 0.6) is 0 Å². The van der Waals surface area contributed by atoms with Gasteiger partial charge in [-0.1, -0.05) is 43.5 Å². The van der Waals surface area contributed by atoms with Crippen LogP contribution in [0.2, 0.25) is 0 Å². The zero-order valence-corrected chi connectivity index (χ0v) is 9.29. The minimum atomic E-state index is 0.673. The van der Waals surface area contributed by atoms with Gasteiger partial charge in [0.1, 0.15) is 5.76 Å². The van der Waals surface area contributed by atoms with Crippen molar-refractivity contribution in [1.82, 2.24) is 0 Å². The molecule has 1 aromatic carbocycles. The van der Waals surface area contributed by atoms with Crippen LogP contribution < -0.4 is 0 Å². The van der Waals surface area contributed by atoms with Crippen molar-refractivity contribution in [2.45, 2.75) is 6.92 Å². The standard InChI is InChI=1S/C14H16O/c1-11(13(3)15-4)10-12(2)14-8-6-5-7-9-14/h5-10H,2-3H2,1,4H3/b11-10-. The number of methoxy groups -OCH3 is 1. The van der Waals surface area contributed by atoms with Crippen LogP contribution in [0.4, 0.5) is 0 Å². The van der Waals surface area contributed by atoms with Crippen LogP contribution in [-0.4, -0.2) is 7.11 Å². The van der Waals surface area contributed by atoms with Gasteiger partial charge in [0.05, 0.1) is 7.11 Å². The van der Waals surface area contributed by atoms with E-state index in [0.717, 1.165) is 16.7 Å². The highest BCUT2D eigenvalue weighted by Crippen LogP contribution is 2.17. The number of benzene rings is 1. The molecule has 0 heterocycles. The van der Waals surface area contributed by atoms with Gasteiger partial charge in [0, 0.05) is 0 Å². The minimum Gasteiger partial charge on any atom is -0.497 e. The van der Waals surface area contributed by atoms with Crippen LogP contribution in [0.3, 0.4) is 0 Å². The van der Waals surface area contributed by atoms with E-state index in [1.54, 1.807) is 7.11 Å². The predicted molar refractivity (Wildman–Crippen MR) is 65.4 cm³/mol. The van der Waals surface area contributed by atoms with Gasteiger partial charge < -0.3 is 4.74 Å². The van der Waals surface area contributed by atoms with E-state index in [1.165, 1.54) is 0 Å². The van der Waals surface area contributed by atoms with Crippen molar-refractivity contribution in [2.24, 2.45) is 0 Å². The summed E-state index contributed by atoms with van der Waals surface area (Å²) in [6.45, 7) is 9.76. The summed E-state index contributed by atoms with van der Waals surface area (Å²) in [6.07, 6.45) is 1.97. The Labute approximate surface area is 91.4 Å². The quantitative estimate of drug-likeness (QED) is 0.530. The molecule has 1 rings (SSSR count). The molecule has 0 saturated carbocycles. The topological polar surface area (TPSA) is 9.23 Å². The third-order valence-corrected chi connectivity index (χ3v) is 2.22. The summed E-state index contributed by atoms with van der Waals surface area (Å²) in [5.41, 5.74) is 3.07. The Kier molecular flexibility index (Phi) is 3.92. The lowest BCUT2D eigenvalue weighted by Crippen LogP contribution is -1.87. The van der Waals surface area contributed by atoms with Gasteiger partial charge in [0.25, 0.3) is 0 Å². The fourth-order valence-electron chi connectivity index (χ4n) is 1.24. The first-order chi connectivity index (χ1) is 7.15. The Bertz CT molecular complexity index is 385. The SMILES string of the molecule is C=C(OC)/C(C)=C\C(=C)c1ccccc1. The fraction of sp³-hybridized carbons (Fsp3) is 0.143. The van der Waals surface area contributed by atoms with Crippen LogP contribution in [0.25, 0.3) is 5.57 Å². The Balaban J connectivity index is 2.84. The monoisotopic (exact) mass is 200 g/mol. The Morgan fingerprint density at radius 1 is 1.20 bits per heavy atom. The Hall–Kier alpha value is -1.76. The first kappa shape index (κ1) is 11.3. The third-order valence-electron chi connectivity index (χ3n) is 2.22. The van der Waals surface area contributed by atoms with Gasteiger partial charge in [0.15, 0.2) is 0 Å². The molecule has 0 aliphatic rings. The van der Waals surface area contributed by atoms with Crippen molar-refractivity contribution >= 4 is 5.57 Å². The normalized spacial score (nSPS) is 10.9. The van der Waals surface area contributed by atoms with Crippen LogP contribution in [0, 0.1) is 0 Å². The van der Waals surface area contributed by atoms with Crippen LogP contribution >= 0.6 is 0 Å². The van der Waals surface area contributed by atoms with Crippen molar-refractivity contribution in [3.63, 3.8) is 0 Å². The second-order valence-electron chi connectivity index (χ2n) is 3.35. The summed E-state index contributed by atoms with van der Waals surface area (Å²) >= 11 is 0. The van der Waals surface area contributed by atoms with E-state index in [-0.39, 0.29) is 0 Å². The molecule has 0 atom stereocenters. The molecule has 0 radical (unpaired) electrons. The van der Waals surface area contributed by atoms with E-state index >= 15 is 0 Å². The van der Waals surface area contributed by atoms with Gasteiger partial charge in [0.2, 0.25) is 0 Å². The third kappa shape index (κ3) is 3.13. The highest BCUT2D eigenvalue weighted by molar-refractivity contribution is 5.73. The van der Waals surface area contributed by atoms with Crippen molar-refractivity contribution in [2.75, 3.05) is 7.11 Å². The number of rotatable bonds is 4. The van der Waals surface area contributed by atoms with E-state index in [2.05, 4.69) is 13.2 Å². The molecular formula is C14H16O. The van der Waals surface area contributed by atoms with Gasteiger partial charge in [-0.25, -0.2) is 0 Å². The highest BCUT2D eigenvalue weighted by atomic mass is 16.5. The largest absolute Gasteiger partial charge is 0.497 e. The van der Waals surface area contributed by atoms with E-state index < -0.39 is 0 Å². The van der Waals surface area contributed by atoms with Gasteiger partial charge in [-0.05, 0) is 29.7 Å². The maximum atomic E-state index is 5.04. The maximum absolute atomic E-state index is 5.04. The lowest BCUT2D eigenvalue weighted by atomic mass is 10.0. The second-order valence-corrected chi connectivity index (χ2v) is 3.35. The number of allylic oxidation sites excluding steroid dienone is 3. The molecule has 1 heteroatoms. The molecule has 0 fully saturated rings. The Morgan fingerprint density at radius 3 is 2.33 bits per heavy atom. The van der Waals surface area contributed by atoms with E-state index in [4.69, 9.17) is 4.74 Å². The van der Waals surface area contributed by atoms with Gasteiger partial charge in [-0.3, -0.25) is 0 Å². The van der Waals surface area contributed by atoms with Crippen molar-refractivity contribution in [3.05, 3.63) is 66.5 Å². The number of hydrogen-bond acceptors (Lipinski definition) is 1. The lowest BCUT2D eigenvalue weighted by molar-refractivity contribution is 0.303. The molecular weight excluding hydrogens is 184 g/mol. The maximum Gasteiger partial charge on any atom is 0.114 e. The fourth-order valence-corrected chi connectivity index (χ4v) is 1.24. The zero-order valence-electron chi connectivity index (χ0n) is 9.29. The molecule has 0 unspecified atom stereocenters. The summed E-state index contributed by atoms with van der Waals surface area (Å²) in [5.74, 6) is 0.673. The molecule has 0 saturated heterocycles. The summed E-state index contributed by atoms with van der Waals surface area (Å²) in [7, 11) is 1.62. The lowest BCUT2D eigenvalue weighted by Gasteiger charge is -2.05. The minimum absolute atomic E-state index is 0.673. The Morgan fingerprint density at radius 2 is 1.80 bits per heavy atom. The number of hydrogen-bond donors (Lipinski definition) is 0. The van der Waals surface area contributed by atoms with E-state index in [0.29, 0.717) is 5.76 Å². The van der Waals surface area contributed by atoms with Gasteiger partial charge in [-0.2, -0.15) is 0 Å². The summed E-state index contributed by atoms with van der Waals surface area (Å²) < 4.78 is 5.04. The van der Waals surface area contributed by atoms with Gasteiger partial charge in [-0.15, -0.1) is 0 Å². The molecule has 0 N–H and O–H groups in total. The molecule has 15 heavy (non-hydrogen) atoms. The average molecular weight is 200 g/mol. The molecule has 1 aromatic rings. The second kappa shape index (κ2) is 5.20. The molecule has 0 aromatic heterocycles. The van der Waals surface area contributed by atoms with Crippen LogP contribution in [0.1, 0.15) is 12.5 Å². The molecule has 0 bridgehead atoms. The van der Waals surface area contributed by atoms with Crippen molar-refractivity contribution in [3.8, 4) is 0 Å². The highest BCUT2D eigenvalue weighted by Gasteiger charge is 1.98. The number of ether oxygens (including phenoxy) is 1. The van der Waals surface area contributed by atoms with Crippen LogP contribution in [0.15, 0.2) is 60.9 Å². The zero-order chi connectivity index (χ0) is 11.3. The van der Waals surface area contributed by atoms with Crippen molar-refractivity contribution < 1.29 is 4.74 Å². The summed E-state index contributed by atoms with van der Waals surface area (Å²) in [6, 6.07) is 10.0. The van der Waals surface area contributed by atoms with E-state index in [9.17, 15) is 0 Å². The summed E-state index contributed by atoms with van der Waals surface area (Å²) in [4.78, 5) is 0.